The minimum absolute atomic E-state index is 0.0249. The van der Waals surface area contributed by atoms with Crippen molar-refractivity contribution in [1.82, 2.24) is 0 Å². The van der Waals surface area contributed by atoms with Crippen LogP contribution in [-0.4, -0.2) is 39.0 Å². The number of azo groups is 1. The highest BCUT2D eigenvalue weighted by Gasteiger charge is 2.17. The second kappa shape index (κ2) is 10.5. The molecule has 0 aliphatic carbocycles. The van der Waals surface area contributed by atoms with Crippen LogP contribution in [0.15, 0.2) is 74.6 Å². The van der Waals surface area contributed by atoms with E-state index in [0.29, 0.717) is 11.1 Å². The van der Waals surface area contributed by atoms with E-state index in [0.717, 1.165) is 0 Å². The number of nitrogens with two attached hydrogens (primary N) is 1. The van der Waals surface area contributed by atoms with Crippen molar-refractivity contribution < 1.29 is 40.2 Å². The lowest BCUT2D eigenvalue weighted by Gasteiger charge is -2.08. The van der Waals surface area contributed by atoms with Crippen molar-refractivity contribution in [1.29, 1.82) is 0 Å². The van der Waals surface area contributed by atoms with Crippen LogP contribution < -0.4 is 5.73 Å². The predicted molar refractivity (Wildman–Crippen MR) is 119 cm³/mol. The molecule has 0 aliphatic rings. The number of fused-ring (bicyclic) bond motifs is 1. The Bertz CT molecular complexity index is 1380. The van der Waals surface area contributed by atoms with E-state index in [1.54, 1.807) is 6.07 Å². The molecule has 4 N–H and O–H groups in total. The lowest BCUT2D eigenvalue weighted by Crippen LogP contribution is -2.10. The third-order valence-electron chi connectivity index (χ3n) is 4.31. The van der Waals surface area contributed by atoms with E-state index >= 15 is 0 Å². The predicted octanol–water partition coefficient (Wildman–Crippen LogP) is 3.86. The number of nitrogen functional groups attached to an aromatic ring is 1. The highest BCUT2D eigenvalue weighted by molar-refractivity contribution is 7.91. The second-order valence-corrected chi connectivity index (χ2v) is 10.4. The van der Waals surface area contributed by atoms with Gasteiger partial charge in [-0.15, -0.1) is 9.45 Å². The number of anilines is 1. The molecule has 0 radical (unpaired) electrons. The van der Waals surface area contributed by atoms with Gasteiger partial charge in [0, 0.05) is 10.8 Å². The lowest BCUT2D eigenvalue weighted by molar-refractivity contribution is -0.434. The van der Waals surface area contributed by atoms with E-state index in [4.69, 9.17) is 15.2 Å². The van der Waals surface area contributed by atoms with Gasteiger partial charge in [-0.3, -0.25) is 8.74 Å². The van der Waals surface area contributed by atoms with Gasteiger partial charge in [-0.1, -0.05) is 23.2 Å². The van der Waals surface area contributed by atoms with Crippen LogP contribution in [0.2, 0.25) is 0 Å². The Morgan fingerprint density at radius 1 is 0.939 bits per heavy atom. The monoisotopic (exact) mass is 515 g/mol. The molecule has 0 bridgehead atoms. The second-order valence-electron chi connectivity index (χ2n) is 6.38. The smallest absolute Gasteiger partial charge is 0.295 e. The Kier molecular flexibility index (Phi) is 7.98. The summed E-state index contributed by atoms with van der Waals surface area (Å²) < 4.78 is 66.1. The topological polar surface area (TPSA) is 187 Å². The van der Waals surface area contributed by atoms with Crippen LogP contribution in [0.4, 0.5) is 17.1 Å². The van der Waals surface area contributed by atoms with E-state index in [1.807, 2.05) is 0 Å². The lowest BCUT2D eigenvalue weighted by atomic mass is 10.1. The van der Waals surface area contributed by atoms with Gasteiger partial charge in [0.25, 0.3) is 10.1 Å². The Morgan fingerprint density at radius 3 is 2.33 bits per heavy atom. The van der Waals surface area contributed by atoms with Crippen LogP contribution >= 0.6 is 12.3 Å². The molecule has 0 saturated carbocycles. The minimum atomic E-state index is -4.46. The van der Waals surface area contributed by atoms with Crippen molar-refractivity contribution in [2.45, 2.75) is 9.79 Å². The normalized spacial score (nSPS) is 12.5. The molecule has 0 aromatic heterocycles. The molecule has 0 heterocycles. The van der Waals surface area contributed by atoms with E-state index in [1.165, 1.54) is 48.5 Å². The molecule has 33 heavy (non-hydrogen) atoms. The Balaban J connectivity index is 1.83. The van der Waals surface area contributed by atoms with Gasteiger partial charge in [0.1, 0.15) is 10.6 Å². The Hall–Kier alpha value is -2.63. The number of benzene rings is 3. The van der Waals surface area contributed by atoms with Crippen molar-refractivity contribution >= 4 is 60.1 Å². The van der Waals surface area contributed by atoms with Gasteiger partial charge in [0.2, 0.25) is 0 Å². The highest BCUT2D eigenvalue weighted by Crippen LogP contribution is 2.36. The molecule has 3 aromatic rings. The van der Waals surface area contributed by atoms with Gasteiger partial charge in [0.05, 0.1) is 28.6 Å². The Labute approximate surface area is 192 Å². The van der Waals surface area contributed by atoms with Crippen molar-refractivity contribution in [3.8, 4) is 0 Å². The molecule has 0 amide bonds. The molecular formula is C18H17N3O9S3. The van der Waals surface area contributed by atoms with Crippen LogP contribution in [0.25, 0.3) is 10.8 Å². The zero-order chi connectivity index (χ0) is 24.1. The Morgan fingerprint density at radius 2 is 1.67 bits per heavy atom. The zero-order valence-electron chi connectivity index (χ0n) is 16.6. The molecule has 15 heteroatoms. The molecule has 176 valence electrons. The van der Waals surface area contributed by atoms with Crippen LogP contribution in [-0.2, 0) is 33.5 Å². The number of sulfone groups is 1. The first-order valence-electron chi connectivity index (χ1n) is 8.93. The standard InChI is InChI=1S/C18H17N3O9S3/c19-16-9-8-14-15(2-1-3-17(14)33(25,26)27)18(16)21-20-12-4-6-13(7-5-12)32(23,24)11-10-28-31-30-29-22/h1-9,22H,10-11,19H2,(H,25,26,27). The maximum absolute atomic E-state index is 12.3. The summed E-state index contributed by atoms with van der Waals surface area (Å²) in [6.07, 6.45) is 0. The third kappa shape index (κ3) is 6.24. The molecule has 12 nitrogen and oxygen atoms in total. The molecule has 3 rings (SSSR count). The van der Waals surface area contributed by atoms with Crippen molar-refractivity contribution in [2.75, 3.05) is 18.1 Å². The molecule has 0 spiro atoms. The van der Waals surface area contributed by atoms with Gasteiger partial charge in [-0.2, -0.15) is 13.5 Å². The zero-order valence-corrected chi connectivity index (χ0v) is 19.0. The molecule has 0 saturated heterocycles. The summed E-state index contributed by atoms with van der Waals surface area (Å²) in [5.41, 5.74) is 6.72. The highest BCUT2D eigenvalue weighted by atomic mass is 32.2. The fraction of sp³-hybridized carbons (Fsp3) is 0.111. The number of hydrogen-bond donors (Lipinski definition) is 3. The maximum Gasteiger partial charge on any atom is 0.295 e. The maximum atomic E-state index is 12.3. The van der Waals surface area contributed by atoms with Gasteiger partial charge in [0.15, 0.2) is 22.2 Å². The van der Waals surface area contributed by atoms with Gasteiger partial charge >= 0.3 is 0 Å². The largest absolute Gasteiger partial charge is 0.397 e. The van der Waals surface area contributed by atoms with Gasteiger partial charge in [-0.05, 0) is 36.4 Å². The number of rotatable bonds is 10. The SMILES string of the molecule is Nc1ccc2c(S(=O)(=O)O)cccc2c1N=Nc1ccc(S(=O)(=O)CCOSOOO)cc1. The van der Waals surface area contributed by atoms with Gasteiger partial charge < -0.3 is 5.73 Å². The summed E-state index contributed by atoms with van der Waals surface area (Å²) in [5, 5.41) is 20.0. The summed E-state index contributed by atoms with van der Waals surface area (Å²) in [6.45, 7) is -0.219. The molecule has 3 aromatic carbocycles. The summed E-state index contributed by atoms with van der Waals surface area (Å²) >= 11 is 0.279. The van der Waals surface area contributed by atoms with Crippen LogP contribution in [0.3, 0.4) is 0 Å². The molecule has 0 fully saturated rings. The average Bonchev–Trinajstić information content (AvgIpc) is 2.77. The van der Waals surface area contributed by atoms with E-state index in [-0.39, 0.29) is 51.2 Å². The minimum Gasteiger partial charge on any atom is -0.397 e. The van der Waals surface area contributed by atoms with Crippen LogP contribution in [0.5, 0.6) is 0 Å². The molecule has 0 aliphatic heterocycles. The molecule has 0 unspecified atom stereocenters. The first kappa shape index (κ1) is 25.0. The third-order valence-corrected chi connectivity index (χ3v) is 7.29. The van der Waals surface area contributed by atoms with E-state index < -0.39 is 20.0 Å². The quantitative estimate of drug-likeness (QED) is 0.0676. The fourth-order valence-corrected chi connectivity index (χ4v) is 4.94. The average molecular weight is 516 g/mol. The van der Waals surface area contributed by atoms with Crippen molar-refractivity contribution in [3.05, 3.63) is 54.6 Å². The van der Waals surface area contributed by atoms with Gasteiger partial charge in [-0.25, -0.2) is 13.7 Å². The summed E-state index contributed by atoms with van der Waals surface area (Å²) in [4.78, 5) is -0.263. The first-order chi connectivity index (χ1) is 15.6. The van der Waals surface area contributed by atoms with Crippen molar-refractivity contribution in [3.63, 3.8) is 0 Å². The van der Waals surface area contributed by atoms with E-state index in [9.17, 15) is 21.4 Å². The summed E-state index contributed by atoms with van der Waals surface area (Å²) in [7, 11) is -8.12. The summed E-state index contributed by atoms with van der Waals surface area (Å²) in [6, 6.07) is 12.7. The molecular weight excluding hydrogens is 498 g/mol. The first-order valence-corrected chi connectivity index (χ1v) is 12.7. The van der Waals surface area contributed by atoms with Crippen LogP contribution in [0, 0.1) is 0 Å². The number of hydrogen-bond acceptors (Lipinski definition) is 12. The van der Waals surface area contributed by atoms with E-state index in [2.05, 4.69) is 19.6 Å². The fourth-order valence-electron chi connectivity index (χ4n) is 2.82. The molecule has 0 atom stereocenters. The van der Waals surface area contributed by atoms with Crippen LogP contribution in [0.1, 0.15) is 0 Å². The van der Waals surface area contributed by atoms with Crippen molar-refractivity contribution in [2.24, 2.45) is 10.2 Å². The summed E-state index contributed by atoms with van der Waals surface area (Å²) in [5.74, 6) is -0.349. The number of nitrogens with zero attached hydrogens (tertiary/aromatic N) is 2.